The van der Waals surface area contributed by atoms with Crippen LogP contribution in [0.5, 0.6) is 0 Å². The van der Waals surface area contributed by atoms with Crippen LogP contribution in [0.25, 0.3) is 10.9 Å². The summed E-state index contributed by atoms with van der Waals surface area (Å²) in [4.78, 5) is 27.2. The van der Waals surface area contributed by atoms with Crippen LogP contribution < -0.4 is 11.1 Å². The number of aromatic amines is 1. The summed E-state index contributed by atoms with van der Waals surface area (Å²) in [7, 11) is 0. The lowest BCUT2D eigenvalue weighted by Gasteiger charge is -2.25. The van der Waals surface area contributed by atoms with Gasteiger partial charge in [0.15, 0.2) is 0 Å². The Hall–Kier alpha value is -2.30. The molecule has 1 aliphatic carbocycles. The van der Waals surface area contributed by atoms with Gasteiger partial charge in [0.1, 0.15) is 11.7 Å². The van der Waals surface area contributed by atoms with Gasteiger partial charge in [-0.05, 0) is 24.5 Å². The zero-order valence-electron chi connectivity index (χ0n) is 13.2. The molecule has 1 aromatic carbocycles. The van der Waals surface area contributed by atoms with Crippen molar-refractivity contribution in [1.29, 1.82) is 0 Å². The smallest absolute Gasteiger partial charge is 0.268 e. The van der Waals surface area contributed by atoms with E-state index in [1.54, 1.807) is 6.07 Å². The average molecular weight is 313 g/mol. The summed E-state index contributed by atoms with van der Waals surface area (Å²) in [5.74, 6) is -0.259. The van der Waals surface area contributed by atoms with E-state index in [9.17, 15) is 9.59 Å². The second-order valence-electron chi connectivity index (χ2n) is 6.44. The molecule has 1 saturated carbocycles. The fraction of sp³-hybridized carbons (Fsp3) is 0.444. The number of para-hydroxylation sites is 1. The summed E-state index contributed by atoms with van der Waals surface area (Å²) >= 11 is 0. The molecule has 3 rings (SSSR count). The molecule has 0 radical (unpaired) electrons. The van der Waals surface area contributed by atoms with Gasteiger partial charge in [-0.3, -0.25) is 9.59 Å². The molecular formula is C18H23N3O2. The van der Waals surface area contributed by atoms with Crippen molar-refractivity contribution in [1.82, 2.24) is 10.3 Å². The number of hydrogen-bond donors (Lipinski definition) is 3. The van der Waals surface area contributed by atoms with Crippen LogP contribution in [0.15, 0.2) is 30.3 Å². The second-order valence-corrected chi connectivity index (χ2v) is 6.44. The number of rotatable bonds is 5. The zero-order chi connectivity index (χ0) is 16.2. The van der Waals surface area contributed by atoms with Crippen LogP contribution in [0.3, 0.4) is 0 Å². The van der Waals surface area contributed by atoms with Crippen molar-refractivity contribution in [3.8, 4) is 0 Å². The van der Waals surface area contributed by atoms with Crippen LogP contribution in [-0.4, -0.2) is 22.8 Å². The molecule has 1 aliphatic rings. The normalized spacial score (nSPS) is 17.0. The van der Waals surface area contributed by atoms with Gasteiger partial charge < -0.3 is 16.0 Å². The monoisotopic (exact) mass is 313 g/mol. The molecule has 1 atom stereocenters. The molecule has 0 bridgehead atoms. The lowest BCUT2D eigenvalue weighted by atomic mass is 9.84. The number of nitrogens with one attached hydrogen (secondary N) is 2. The molecule has 4 N–H and O–H groups in total. The van der Waals surface area contributed by atoms with E-state index in [0.29, 0.717) is 18.0 Å². The topological polar surface area (TPSA) is 88.0 Å². The van der Waals surface area contributed by atoms with E-state index in [1.807, 2.05) is 24.3 Å². The molecule has 23 heavy (non-hydrogen) atoms. The lowest BCUT2D eigenvalue weighted by molar-refractivity contribution is -0.120. The predicted molar refractivity (Wildman–Crippen MR) is 89.9 cm³/mol. The highest BCUT2D eigenvalue weighted by Gasteiger charge is 2.25. The fourth-order valence-electron chi connectivity index (χ4n) is 3.43. The van der Waals surface area contributed by atoms with E-state index >= 15 is 0 Å². The summed E-state index contributed by atoms with van der Waals surface area (Å²) in [6, 6.07) is 8.89. The molecule has 0 spiro atoms. The Morgan fingerprint density at radius 1 is 1.22 bits per heavy atom. The summed E-state index contributed by atoms with van der Waals surface area (Å²) in [5.41, 5.74) is 6.85. The lowest BCUT2D eigenvalue weighted by Crippen LogP contribution is -2.45. The van der Waals surface area contributed by atoms with Gasteiger partial charge in [0.25, 0.3) is 5.91 Å². The average Bonchev–Trinajstić information content (AvgIpc) is 2.99. The maximum Gasteiger partial charge on any atom is 0.268 e. The van der Waals surface area contributed by atoms with Crippen molar-refractivity contribution in [3.05, 3.63) is 36.0 Å². The van der Waals surface area contributed by atoms with Gasteiger partial charge in [0.05, 0.1) is 0 Å². The Balaban J connectivity index is 1.68. The van der Waals surface area contributed by atoms with Crippen molar-refractivity contribution >= 4 is 22.7 Å². The first-order valence-corrected chi connectivity index (χ1v) is 8.31. The third-order valence-electron chi connectivity index (χ3n) is 4.72. The number of H-pyrrole nitrogens is 1. The van der Waals surface area contributed by atoms with E-state index in [-0.39, 0.29) is 5.91 Å². The van der Waals surface area contributed by atoms with E-state index in [0.717, 1.165) is 23.7 Å². The summed E-state index contributed by atoms with van der Waals surface area (Å²) in [5, 5.41) is 3.77. The number of carbonyl (C=O) groups is 2. The molecule has 2 amide bonds. The Kier molecular flexibility index (Phi) is 4.65. The van der Waals surface area contributed by atoms with Gasteiger partial charge in [0.2, 0.25) is 5.91 Å². The van der Waals surface area contributed by atoms with Gasteiger partial charge in [0, 0.05) is 10.9 Å². The number of carbonyl (C=O) groups excluding carboxylic acids is 2. The number of benzene rings is 1. The minimum Gasteiger partial charge on any atom is -0.368 e. The van der Waals surface area contributed by atoms with Gasteiger partial charge in [-0.15, -0.1) is 0 Å². The standard InChI is InChI=1S/C18H23N3O2/c19-17(22)15(10-12-6-2-1-3-7-12)21-18(23)16-11-13-8-4-5-9-14(13)20-16/h4-5,8-9,11-12,15,20H,1-3,6-7,10H2,(H2,19,22)(H,21,23)/t15-/m0/s1. The van der Waals surface area contributed by atoms with Gasteiger partial charge in [-0.25, -0.2) is 0 Å². The maximum atomic E-state index is 12.4. The summed E-state index contributed by atoms with van der Waals surface area (Å²) in [6.45, 7) is 0. The van der Waals surface area contributed by atoms with Crippen LogP contribution in [0.2, 0.25) is 0 Å². The van der Waals surface area contributed by atoms with Crippen molar-refractivity contribution in [2.75, 3.05) is 0 Å². The third kappa shape index (κ3) is 3.73. The van der Waals surface area contributed by atoms with Crippen molar-refractivity contribution in [2.45, 2.75) is 44.6 Å². The largest absolute Gasteiger partial charge is 0.368 e. The molecule has 1 fully saturated rings. The number of primary amides is 1. The fourth-order valence-corrected chi connectivity index (χ4v) is 3.43. The summed E-state index contributed by atoms with van der Waals surface area (Å²) in [6.07, 6.45) is 6.54. The highest BCUT2D eigenvalue weighted by atomic mass is 16.2. The highest BCUT2D eigenvalue weighted by molar-refractivity contribution is 6.00. The molecule has 0 aliphatic heterocycles. The molecule has 1 aromatic heterocycles. The molecule has 5 heteroatoms. The van der Waals surface area contributed by atoms with Crippen LogP contribution in [0, 0.1) is 5.92 Å². The first-order chi connectivity index (χ1) is 11.1. The zero-order valence-corrected chi connectivity index (χ0v) is 13.2. The SMILES string of the molecule is NC(=O)[C@H](CC1CCCCC1)NC(=O)c1cc2ccccc2[nH]1. The number of hydrogen-bond acceptors (Lipinski definition) is 2. The number of fused-ring (bicyclic) bond motifs is 1. The van der Waals surface area contributed by atoms with Crippen molar-refractivity contribution in [2.24, 2.45) is 11.7 Å². The predicted octanol–water partition coefficient (Wildman–Crippen LogP) is 2.72. The number of amides is 2. The Bertz CT molecular complexity index is 668. The molecule has 2 aromatic rings. The third-order valence-corrected chi connectivity index (χ3v) is 4.72. The van der Waals surface area contributed by atoms with Gasteiger partial charge in [-0.2, -0.15) is 0 Å². The van der Waals surface area contributed by atoms with E-state index < -0.39 is 11.9 Å². The highest BCUT2D eigenvalue weighted by Crippen LogP contribution is 2.27. The molecule has 0 saturated heterocycles. The maximum absolute atomic E-state index is 12.4. The van der Waals surface area contributed by atoms with Crippen molar-refractivity contribution in [3.63, 3.8) is 0 Å². The van der Waals surface area contributed by atoms with E-state index in [2.05, 4.69) is 10.3 Å². The molecular weight excluding hydrogens is 290 g/mol. The van der Waals surface area contributed by atoms with Crippen LogP contribution >= 0.6 is 0 Å². The second kappa shape index (κ2) is 6.86. The van der Waals surface area contributed by atoms with Crippen LogP contribution in [-0.2, 0) is 4.79 Å². The van der Waals surface area contributed by atoms with Crippen LogP contribution in [0.4, 0.5) is 0 Å². The first-order valence-electron chi connectivity index (χ1n) is 8.31. The molecule has 122 valence electrons. The van der Waals surface area contributed by atoms with E-state index in [4.69, 9.17) is 5.73 Å². The minimum atomic E-state index is -0.600. The molecule has 0 unspecified atom stereocenters. The first kappa shape index (κ1) is 15.6. The Labute approximate surface area is 135 Å². The Morgan fingerprint density at radius 3 is 2.65 bits per heavy atom. The molecule has 1 heterocycles. The number of nitrogens with two attached hydrogens (primary N) is 1. The van der Waals surface area contributed by atoms with Crippen LogP contribution in [0.1, 0.15) is 49.0 Å². The Morgan fingerprint density at radius 2 is 1.96 bits per heavy atom. The molecule has 5 nitrogen and oxygen atoms in total. The van der Waals surface area contributed by atoms with Crippen molar-refractivity contribution < 1.29 is 9.59 Å². The van der Waals surface area contributed by atoms with E-state index in [1.165, 1.54) is 19.3 Å². The quantitative estimate of drug-likeness (QED) is 0.792. The summed E-state index contributed by atoms with van der Waals surface area (Å²) < 4.78 is 0. The van der Waals surface area contributed by atoms with Gasteiger partial charge in [-0.1, -0.05) is 50.3 Å². The van der Waals surface area contributed by atoms with Gasteiger partial charge >= 0.3 is 0 Å². The number of aromatic nitrogens is 1. The minimum absolute atomic E-state index is 0.277.